The Labute approximate surface area is 185 Å². The maximum absolute atomic E-state index is 12.6. The zero-order chi connectivity index (χ0) is 22.5. The molecule has 1 aromatic heterocycles. The van der Waals surface area contributed by atoms with Gasteiger partial charge in [-0.05, 0) is 48.2 Å². The molecule has 0 bridgehead atoms. The van der Waals surface area contributed by atoms with E-state index in [-0.39, 0.29) is 12.5 Å². The van der Waals surface area contributed by atoms with Gasteiger partial charge in [-0.15, -0.1) is 0 Å². The predicted octanol–water partition coefficient (Wildman–Crippen LogP) is 3.11. The second kappa shape index (κ2) is 9.47. The van der Waals surface area contributed by atoms with Crippen molar-refractivity contribution in [2.75, 3.05) is 6.54 Å². The molecule has 4 rings (SSSR count). The molecule has 1 heterocycles. The number of fused-ring (bicyclic) bond motifs is 1. The molecule has 0 saturated heterocycles. The first kappa shape index (κ1) is 21.3. The second-order valence-electron chi connectivity index (χ2n) is 7.79. The second-order valence-corrected chi connectivity index (χ2v) is 7.79. The number of aryl methyl sites for hydroxylation is 2. The minimum absolute atomic E-state index is 0.124. The molecule has 0 aliphatic carbocycles. The monoisotopic (exact) mass is 427 g/mol. The molecule has 0 fully saturated rings. The largest absolute Gasteiger partial charge is 0.352 e. The first-order valence-electron chi connectivity index (χ1n) is 10.6. The van der Waals surface area contributed by atoms with Gasteiger partial charge in [-0.3, -0.25) is 19.0 Å². The number of aromatic nitrogens is 2. The van der Waals surface area contributed by atoms with E-state index < -0.39 is 11.1 Å². The SMILES string of the molecule is Cn1c(=O)c(=O)n(Cc2ccc(C(=O)NCCCc3ccccc3)cc2)c2ccccc21. The molecule has 0 aliphatic rings. The zero-order valence-corrected chi connectivity index (χ0v) is 18.0. The number of para-hydroxylation sites is 2. The molecule has 3 aromatic carbocycles. The van der Waals surface area contributed by atoms with E-state index in [0.29, 0.717) is 23.1 Å². The molecule has 0 radical (unpaired) electrons. The maximum Gasteiger partial charge on any atom is 0.317 e. The van der Waals surface area contributed by atoms with Crippen LogP contribution < -0.4 is 16.4 Å². The third kappa shape index (κ3) is 4.54. The summed E-state index contributed by atoms with van der Waals surface area (Å²) in [4.78, 5) is 37.4. The summed E-state index contributed by atoms with van der Waals surface area (Å²) in [7, 11) is 1.60. The fourth-order valence-electron chi connectivity index (χ4n) is 3.80. The highest BCUT2D eigenvalue weighted by atomic mass is 16.2. The van der Waals surface area contributed by atoms with E-state index in [1.54, 1.807) is 19.2 Å². The van der Waals surface area contributed by atoms with Crippen LogP contribution in [0.3, 0.4) is 0 Å². The molecule has 0 saturated carbocycles. The number of benzene rings is 3. The van der Waals surface area contributed by atoms with Crippen molar-refractivity contribution in [2.24, 2.45) is 7.05 Å². The first-order valence-corrected chi connectivity index (χ1v) is 10.6. The Balaban J connectivity index is 1.43. The first-order chi connectivity index (χ1) is 15.5. The van der Waals surface area contributed by atoms with Gasteiger partial charge in [0.1, 0.15) is 0 Å². The molecule has 0 spiro atoms. The van der Waals surface area contributed by atoms with Crippen molar-refractivity contribution in [2.45, 2.75) is 19.4 Å². The number of nitrogens with zero attached hydrogens (tertiary/aromatic N) is 2. The van der Waals surface area contributed by atoms with Crippen molar-refractivity contribution in [1.82, 2.24) is 14.5 Å². The number of amides is 1. The molecule has 0 atom stereocenters. The third-order valence-corrected chi connectivity index (χ3v) is 5.59. The standard InChI is InChI=1S/C26H25N3O3/c1-28-22-11-5-6-12-23(22)29(26(32)25(28)31)18-20-13-15-21(16-14-20)24(30)27-17-7-10-19-8-3-2-4-9-19/h2-6,8-9,11-16H,7,10,17-18H2,1H3,(H,27,30). The quantitative estimate of drug-likeness (QED) is 0.364. The van der Waals surface area contributed by atoms with E-state index in [4.69, 9.17) is 0 Å². The van der Waals surface area contributed by atoms with E-state index in [1.165, 1.54) is 14.7 Å². The van der Waals surface area contributed by atoms with Crippen LogP contribution >= 0.6 is 0 Å². The zero-order valence-electron chi connectivity index (χ0n) is 18.0. The van der Waals surface area contributed by atoms with Gasteiger partial charge < -0.3 is 9.88 Å². The molecule has 0 aliphatic heterocycles. The van der Waals surface area contributed by atoms with Crippen molar-refractivity contribution < 1.29 is 4.79 Å². The van der Waals surface area contributed by atoms with E-state index >= 15 is 0 Å². The fraction of sp³-hybridized carbons (Fsp3) is 0.192. The highest BCUT2D eigenvalue weighted by molar-refractivity contribution is 5.94. The molecule has 1 amide bonds. The van der Waals surface area contributed by atoms with Crippen LogP contribution in [0.5, 0.6) is 0 Å². The van der Waals surface area contributed by atoms with Crippen LogP contribution in [0.25, 0.3) is 11.0 Å². The Kier molecular flexibility index (Phi) is 6.31. The number of carbonyl (C=O) groups is 1. The van der Waals surface area contributed by atoms with Crippen LogP contribution in [-0.4, -0.2) is 21.6 Å². The number of rotatable bonds is 7. The third-order valence-electron chi connectivity index (χ3n) is 5.59. The lowest BCUT2D eigenvalue weighted by atomic mass is 10.1. The summed E-state index contributed by atoms with van der Waals surface area (Å²) in [5.41, 5.74) is 2.93. The molecule has 32 heavy (non-hydrogen) atoms. The van der Waals surface area contributed by atoms with Gasteiger partial charge in [0.25, 0.3) is 5.91 Å². The molecule has 0 unspecified atom stereocenters. The lowest BCUT2D eigenvalue weighted by Gasteiger charge is -2.13. The summed E-state index contributed by atoms with van der Waals surface area (Å²) in [6, 6.07) is 24.6. The molecule has 6 heteroatoms. The summed E-state index contributed by atoms with van der Waals surface area (Å²) in [5.74, 6) is -0.124. The topological polar surface area (TPSA) is 73.1 Å². The van der Waals surface area contributed by atoms with Gasteiger partial charge in [-0.25, -0.2) is 0 Å². The highest BCUT2D eigenvalue weighted by Crippen LogP contribution is 2.12. The number of carbonyl (C=O) groups excluding carboxylic acids is 1. The Morgan fingerprint density at radius 1 is 0.781 bits per heavy atom. The molecule has 1 N–H and O–H groups in total. The van der Waals surface area contributed by atoms with E-state index in [0.717, 1.165) is 18.4 Å². The lowest BCUT2D eigenvalue weighted by Crippen LogP contribution is -2.40. The Bertz CT molecular complexity index is 1350. The fourth-order valence-corrected chi connectivity index (χ4v) is 3.80. The summed E-state index contributed by atoms with van der Waals surface area (Å²) >= 11 is 0. The average Bonchev–Trinajstić information content (AvgIpc) is 2.84. The predicted molar refractivity (Wildman–Crippen MR) is 126 cm³/mol. The van der Waals surface area contributed by atoms with Gasteiger partial charge in [0.05, 0.1) is 17.6 Å². The Hall–Kier alpha value is -3.93. The van der Waals surface area contributed by atoms with Crippen molar-refractivity contribution in [3.05, 3.63) is 116 Å². The minimum atomic E-state index is -0.563. The van der Waals surface area contributed by atoms with Crippen molar-refractivity contribution in [3.63, 3.8) is 0 Å². The smallest absolute Gasteiger partial charge is 0.317 e. The molecule has 6 nitrogen and oxygen atoms in total. The van der Waals surface area contributed by atoms with Gasteiger partial charge in [-0.1, -0.05) is 54.6 Å². The van der Waals surface area contributed by atoms with Crippen LogP contribution in [0.15, 0.2) is 88.5 Å². The molecule has 4 aromatic rings. The van der Waals surface area contributed by atoms with Crippen LogP contribution in [0.4, 0.5) is 0 Å². The van der Waals surface area contributed by atoms with Gasteiger partial charge in [0, 0.05) is 19.2 Å². The van der Waals surface area contributed by atoms with Crippen LogP contribution in [0.2, 0.25) is 0 Å². The summed E-state index contributed by atoms with van der Waals surface area (Å²) in [6.45, 7) is 0.860. The average molecular weight is 428 g/mol. The number of hydrogen-bond donors (Lipinski definition) is 1. The highest BCUT2D eigenvalue weighted by Gasteiger charge is 2.11. The van der Waals surface area contributed by atoms with Gasteiger partial charge in [-0.2, -0.15) is 0 Å². The van der Waals surface area contributed by atoms with Gasteiger partial charge in [0.15, 0.2) is 0 Å². The Morgan fingerprint density at radius 2 is 1.44 bits per heavy atom. The van der Waals surface area contributed by atoms with Gasteiger partial charge in [0.2, 0.25) is 0 Å². The van der Waals surface area contributed by atoms with Gasteiger partial charge >= 0.3 is 11.1 Å². The summed E-state index contributed by atoms with van der Waals surface area (Å²) in [5, 5.41) is 2.95. The lowest BCUT2D eigenvalue weighted by molar-refractivity contribution is 0.0953. The molecular weight excluding hydrogens is 402 g/mol. The van der Waals surface area contributed by atoms with Crippen molar-refractivity contribution >= 4 is 16.9 Å². The maximum atomic E-state index is 12.6. The van der Waals surface area contributed by atoms with Crippen LogP contribution in [-0.2, 0) is 20.0 Å². The van der Waals surface area contributed by atoms with E-state index in [2.05, 4.69) is 17.4 Å². The molecular formula is C26H25N3O3. The Morgan fingerprint density at radius 3 is 2.16 bits per heavy atom. The van der Waals surface area contributed by atoms with Crippen LogP contribution in [0, 0.1) is 0 Å². The van der Waals surface area contributed by atoms with Crippen molar-refractivity contribution in [3.8, 4) is 0 Å². The summed E-state index contributed by atoms with van der Waals surface area (Å²) in [6.07, 6.45) is 1.78. The minimum Gasteiger partial charge on any atom is -0.352 e. The number of hydrogen-bond acceptors (Lipinski definition) is 3. The summed E-state index contributed by atoms with van der Waals surface area (Å²) < 4.78 is 2.86. The normalized spacial score (nSPS) is 10.9. The van der Waals surface area contributed by atoms with Crippen LogP contribution in [0.1, 0.15) is 27.9 Å². The van der Waals surface area contributed by atoms with E-state index in [9.17, 15) is 14.4 Å². The number of nitrogens with one attached hydrogen (secondary N) is 1. The molecule has 162 valence electrons. The van der Waals surface area contributed by atoms with Crippen molar-refractivity contribution in [1.29, 1.82) is 0 Å². The van der Waals surface area contributed by atoms with E-state index in [1.807, 2.05) is 54.6 Å².